The molecule has 1 aliphatic carbocycles. The minimum atomic E-state index is -3.66. The maximum atomic E-state index is 11.9. The molecule has 3 N–H and O–H groups in total. The molecule has 1 amide bonds. The topological polar surface area (TPSA) is 89.3 Å². The van der Waals surface area contributed by atoms with E-state index in [1.54, 1.807) is 12.1 Å². The molecule has 1 aliphatic rings. The molecule has 0 aromatic heterocycles. The van der Waals surface area contributed by atoms with Gasteiger partial charge in [-0.05, 0) is 37.1 Å². The number of carbonyl (C=O) groups is 1. The number of hydrogen-bond donors (Lipinski definition) is 2. The van der Waals surface area contributed by atoms with E-state index in [1.165, 1.54) is 43.2 Å². The van der Waals surface area contributed by atoms with E-state index in [2.05, 4.69) is 5.32 Å². The molecule has 7 heteroatoms. The smallest absolute Gasteiger partial charge is 0.238 e. The molecule has 0 unspecified atom stereocenters. The number of thioether (sulfide) groups is 1. The van der Waals surface area contributed by atoms with Gasteiger partial charge < -0.3 is 5.32 Å². The Labute approximate surface area is 129 Å². The molecule has 0 saturated heterocycles. The molecule has 2 rings (SSSR count). The maximum absolute atomic E-state index is 11.9. The first kappa shape index (κ1) is 16.3. The van der Waals surface area contributed by atoms with Crippen LogP contribution >= 0.6 is 11.8 Å². The first-order chi connectivity index (χ1) is 9.95. The highest BCUT2D eigenvalue weighted by molar-refractivity contribution is 8.00. The highest BCUT2D eigenvalue weighted by Gasteiger charge is 2.15. The molecule has 0 bridgehead atoms. The Balaban J connectivity index is 1.81. The summed E-state index contributed by atoms with van der Waals surface area (Å²) in [6.45, 7) is 0. The highest BCUT2D eigenvalue weighted by Crippen LogP contribution is 2.21. The zero-order valence-electron chi connectivity index (χ0n) is 11.7. The van der Waals surface area contributed by atoms with Gasteiger partial charge in [-0.3, -0.25) is 4.79 Å². The average molecular weight is 328 g/mol. The van der Waals surface area contributed by atoms with Crippen LogP contribution in [0.15, 0.2) is 34.1 Å². The van der Waals surface area contributed by atoms with E-state index >= 15 is 0 Å². The Hall–Kier alpha value is -1.05. The summed E-state index contributed by atoms with van der Waals surface area (Å²) in [6.07, 6.45) is 5.77. The second-order valence-corrected chi connectivity index (χ2v) is 7.82. The molecule has 1 saturated carbocycles. The van der Waals surface area contributed by atoms with Crippen molar-refractivity contribution < 1.29 is 13.2 Å². The van der Waals surface area contributed by atoms with E-state index in [0.29, 0.717) is 11.8 Å². The predicted molar refractivity (Wildman–Crippen MR) is 83.6 cm³/mol. The number of primary sulfonamides is 1. The van der Waals surface area contributed by atoms with Crippen molar-refractivity contribution in [2.75, 3.05) is 5.75 Å². The molecular formula is C14H20N2O3S2. The van der Waals surface area contributed by atoms with E-state index in [0.717, 1.165) is 17.7 Å². The standard InChI is InChI=1S/C14H20N2O3S2/c15-21(18,19)13-8-6-12(7-9-13)20-10-14(17)16-11-4-2-1-3-5-11/h6-9,11H,1-5,10H2,(H,16,17)(H2,15,18,19). The van der Waals surface area contributed by atoms with Crippen LogP contribution in [0.3, 0.4) is 0 Å². The lowest BCUT2D eigenvalue weighted by molar-refractivity contribution is -0.119. The SMILES string of the molecule is NS(=O)(=O)c1ccc(SCC(=O)NC2CCCCC2)cc1. The van der Waals surface area contributed by atoms with E-state index in [9.17, 15) is 13.2 Å². The Kier molecular flexibility index (Phi) is 5.66. The van der Waals surface area contributed by atoms with Gasteiger partial charge in [0.1, 0.15) is 0 Å². The van der Waals surface area contributed by atoms with Gasteiger partial charge in [0.05, 0.1) is 10.6 Å². The zero-order chi connectivity index (χ0) is 15.3. The van der Waals surface area contributed by atoms with Crippen molar-refractivity contribution in [3.05, 3.63) is 24.3 Å². The third-order valence-corrected chi connectivity index (χ3v) is 5.43. The lowest BCUT2D eigenvalue weighted by Crippen LogP contribution is -2.37. The molecule has 0 heterocycles. The van der Waals surface area contributed by atoms with E-state index < -0.39 is 10.0 Å². The van der Waals surface area contributed by atoms with Crippen LogP contribution in [0, 0.1) is 0 Å². The maximum Gasteiger partial charge on any atom is 0.238 e. The van der Waals surface area contributed by atoms with Gasteiger partial charge in [0.25, 0.3) is 0 Å². The zero-order valence-corrected chi connectivity index (χ0v) is 13.4. The van der Waals surface area contributed by atoms with Gasteiger partial charge in [0.2, 0.25) is 15.9 Å². The van der Waals surface area contributed by atoms with Crippen LogP contribution in [-0.4, -0.2) is 26.1 Å². The van der Waals surface area contributed by atoms with Gasteiger partial charge in [-0.2, -0.15) is 0 Å². The number of amides is 1. The van der Waals surface area contributed by atoms with Crippen LogP contribution in [0.2, 0.25) is 0 Å². The number of hydrogen-bond acceptors (Lipinski definition) is 4. The molecular weight excluding hydrogens is 308 g/mol. The quantitative estimate of drug-likeness (QED) is 0.808. The third kappa shape index (κ3) is 5.33. The van der Waals surface area contributed by atoms with Gasteiger partial charge >= 0.3 is 0 Å². The van der Waals surface area contributed by atoms with Gasteiger partial charge in [0, 0.05) is 10.9 Å². The van der Waals surface area contributed by atoms with Gasteiger partial charge in [-0.25, -0.2) is 13.6 Å². The summed E-state index contributed by atoms with van der Waals surface area (Å²) in [4.78, 5) is 12.8. The minimum Gasteiger partial charge on any atom is -0.353 e. The average Bonchev–Trinajstić information content (AvgIpc) is 2.46. The number of benzene rings is 1. The second-order valence-electron chi connectivity index (χ2n) is 5.21. The number of sulfonamides is 1. The van der Waals surface area contributed by atoms with Crippen LogP contribution in [0.4, 0.5) is 0 Å². The fraction of sp³-hybridized carbons (Fsp3) is 0.500. The largest absolute Gasteiger partial charge is 0.353 e. The van der Waals surface area contributed by atoms with E-state index in [-0.39, 0.29) is 10.8 Å². The van der Waals surface area contributed by atoms with Crippen molar-refractivity contribution in [3.8, 4) is 0 Å². The van der Waals surface area contributed by atoms with Gasteiger partial charge in [-0.1, -0.05) is 19.3 Å². The Morgan fingerprint density at radius 3 is 2.38 bits per heavy atom. The van der Waals surface area contributed by atoms with Crippen LogP contribution in [0.25, 0.3) is 0 Å². The molecule has 1 aromatic carbocycles. The summed E-state index contributed by atoms with van der Waals surface area (Å²) in [5.41, 5.74) is 0. The van der Waals surface area contributed by atoms with Crippen LogP contribution in [-0.2, 0) is 14.8 Å². The summed E-state index contributed by atoms with van der Waals surface area (Å²) in [7, 11) is -3.66. The van der Waals surface area contributed by atoms with Crippen LogP contribution in [0.5, 0.6) is 0 Å². The molecule has 0 atom stereocenters. The van der Waals surface area contributed by atoms with E-state index in [1.807, 2.05) is 0 Å². The third-order valence-electron chi connectivity index (χ3n) is 3.49. The van der Waals surface area contributed by atoms with Crippen molar-refractivity contribution in [3.63, 3.8) is 0 Å². The monoisotopic (exact) mass is 328 g/mol. The predicted octanol–water partition coefficient (Wildman–Crippen LogP) is 1.87. The van der Waals surface area contributed by atoms with Crippen molar-refractivity contribution in [1.29, 1.82) is 0 Å². The first-order valence-electron chi connectivity index (χ1n) is 7.00. The van der Waals surface area contributed by atoms with Crippen LogP contribution in [0.1, 0.15) is 32.1 Å². The Morgan fingerprint density at radius 1 is 1.19 bits per heavy atom. The van der Waals surface area contributed by atoms with Crippen molar-refractivity contribution >= 4 is 27.7 Å². The molecule has 1 aromatic rings. The Bertz CT molecular complexity index is 579. The number of rotatable bonds is 5. The summed E-state index contributed by atoms with van der Waals surface area (Å²) in [5.74, 6) is 0.369. The summed E-state index contributed by atoms with van der Waals surface area (Å²) < 4.78 is 22.3. The number of carbonyl (C=O) groups excluding carboxylic acids is 1. The fourth-order valence-electron chi connectivity index (χ4n) is 2.39. The van der Waals surface area contributed by atoms with E-state index in [4.69, 9.17) is 5.14 Å². The van der Waals surface area contributed by atoms with Crippen molar-refractivity contribution in [1.82, 2.24) is 5.32 Å². The van der Waals surface area contributed by atoms with Gasteiger partial charge in [0.15, 0.2) is 0 Å². The summed E-state index contributed by atoms with van der Waals surface area (Å²) in [6, 6.07) is 6.56. The molecule has 0 radical (unpaired) electrons. The van der Waals surface area contributed by atoms with Crippen LogP contribution < -0.4 is 10.5 Å². The van der Waals surface area contributed by atoms with Crippen molar-refractivity contribution in [2.45, 2.75) is 47.9 Å². The lowest BCUT2D eigenvalue weighted by Gasteiger charge is -2.22. The summed E-state index contributed by atoms with van der Waals surface area (Å²) in [5, 5.41) is 8.08. The molecule has 0 aliphatic heterocycles. The first-order valence-corrected chi connectivity index (χ1v) is 9.53. The number of nitrogens with two attached hydrogens (primary N) is 1. The second kappa shape index (κ2) is 7.29. The lowest BCUT2D eigenvalue weighted by atomic mass is 9.95. The molecule has 116 valence electrons. The molecule has 0 spiro atoms. The summed E-state index contributed by atoms with van der Waals surface area (Å²) >= 11 is 1.39. The highest BCUT2D eigenvalue weighted by atomic mass is 32.2. The number of nitrogens with one attached hydrogen (secondary N) is 1. The minimum absolute atomic E-state index is 0.0300. The van der Waals surface area contributed by atoms with Crippen molar-refractivity contribution in [2.24, 2.45) is 5.14 Å². The van der Waals surface area contributed by atoms with Gasteiger partial charge in [-0.15, -0.1) is 11.8 Å². The Morgan fingerprint density at radius 2 is 1.81 bits per heavy atom. The normalized spacial score (nSPS) is 16.6. The fourth-order valence-corrected chi connectivity index (χ4v) is 3.62. The molecule has 21 heavy (non-hydrogen) atoms. The molecule has 5 nitrogen and oxygen atoms in total. The molecule has 1 fully saturated rings.